The SMILES string of the molecule is C=C1C=C(CC=O)c2ccc(C)cc2O1. The van der Waals surface area contributed by atoms with Crippen molar-refractivity contribution >= 4 is 11.9 Å². The van der Waals surface area contributed by atoms with Gasteiger partial charge in [0.25, 0.3) is 0 Å². The van der Waals surface area contributed by atoms with Crippen molar-refractivity contribution in [3.63, 3.8) is 0 Å². The maximum atomic E-state index is 10.5. The Morgan fingerprint density at radius 3 is 3.00 bits per heavy atom. The molecule has 76 valence electrons. The standard InChI is InChI=1S/C13H12O2/c1-9-3-4-12-11(5-6-14)8-10(2)15-13(12)7-9/h3-4,6-8H,2,5H2,1H3. The van der Waals surface area contributed by atoms with Crippen LogP contribution >= 0.6 is 0 Å². The molecule has 0 fully saturated rings. The van der Waals surface area contributed by atoms with E-state index in [0.717, 1.165) is 28.7 Å². The van der Waals surface area contributed by atoms with E-state index in [-0.39, 0.29) is 0 Å². The molecule has 0 amide bonds. The Balaban J connectivity index is 2.51. The molecule has 0 saturated carbocycles. The van der Waals surface area contributed by atoms with Gasteiger partial charge in [0.15, 0.2) is 0 Å². The molecule has 0 unspecified atom stereocenters. The van der Waals surface area contributed by atoms with Gasteiger partial charge >= 0.3 is 0 Å². The highest BCUT2D eigenvalue weighted by Gasteiger charge is 2.15. The molecule has 0 spiro atoms. The fourth-order valence-electron chi connectivity index (χ4n) is 1.68. The van der Waals surface area contributed by atoms with Crippen LogP contribution in [0.1, 0.15) is 17.5 Å². The lowest BCUT2D eigenvalue weighted by Gasteiger charge is -2.19. The molecule has 2 rings (SSSR count). The lowest BCUT2D eigenvalue weighted by Crippen LogP contribution is -2.03. The van der Waals surface area contributed by atoms with Gasteiger partial charge in [-0.25, -0.2) is 0 Å². The highest BCUT2D eigenvalue weighted by molar-refractivity contribution is 5.82. The molecule has 1 aliphatic heterocycles. The summed E-state index contributed by atoms with van der Waals surface area (Å²) in [6, 6.07) is 5.94. The molecule has 15 heavy (non-hydrogen) atoms. The van der Waals surface area contributed by atoms with Crippen LogP contribution in [0.4, 0.5) is 0 Å². The summed E-state index contributed by atoms with van der Waals surface area (Å²) >= 11 is 0. The molecular weight excluding hydrogens is 188 g/mol. The molecular formula is C13H12O2. The number of ether oxygens (including phenoxy) is 1. The van der Waals surface area contributed by atoms with Crippen LogP contribution in [0.15, 0.2) is 36.6 Å². The second kappa shape index (κ2) is 3.73. The van der Waals surface area contributed by atoms with E-state index in [1.54, 1.807) is 0 Å². The monoisotopic (exact) mass is 200 g/mol. The molecule has 0 atom stereocenters. The number of carbonyl (C=O) groups excluding carboxylic acids is 1. The lowest BCUT2D eigenvalue weighted by molar-refractivity contribution is -0.107. The lowest BCUT2D eigenvalue weighted by atomic mass is 9.98. The first-order valence-corrected chi connectivity index (χ1v) is 4.82. The van der Waals surface area contributed by atoms with Crippen LogP contribution in [0.25, 0.3) is 5.57 Å². The topological polar surface area (TPSA) is 26.3 Å². The fraction of sp³-hybridized carbons (Fsp3) is 0.154. The first kappa shape index (κ1) is 9.71. The summed E-state index contributed by atoms with van der Waals surface area (Å²) in [5.41, 5.74) is 3.09. The highest BCUT2D eigenvalue weighted by Crippen LogP contribution is 2.34. The number of carbonyl (C=O) groups is 1. The molecule has 0 aromatic heterocycles. The second-order valence-corrected chi connectivity index (χ2v) is 3.61. The van der Waals surface area contributed by atoms with Gasteiger partial charge in [-0.2, -0.15) is 0 Å². The van der Waals surface area contributed by atoms with Gasteiger partial charge in [-0.05, 0) is 30.2 Å². The van der Waals surface area contributed by atoms with Crippen LogP contribution in [-0.4, -0.2) is 6.29 Å². The third-order valence-corrected chi connectivity index (χ3v) is 2.36. The van der Waals surface area contributed by atoms with Gasteiger partial charge in [0, 0.05) is 12.0 Å². The number of aldehydes is 1. The minimum Gasteiger partial charge on any atom is -0.457 e. The van der Waals surface area contributed by atoms with Crippen LogP contribution in [-0.2, 0) is 4.79 Å². The Labute approximate surface area is 88.9 Å². The third kappa shape index (κ3) is 1.84. The van der Waals surface area contributed by atoms with Gasteiger partial charge in [-0.15, -0.1) is 0 Å². The summed E-state index contributed by atoms with van der Waals surface area (Å²) in [5.74, 6) is 1.38. The largest absolute Gasteiger partial charge is 0.457 e. The van der Waals surface area contributed by atoms with Crippen molar-refractivity contribution in [2.24, 2.45) is 0 Å². The first-order chi connectivity index (χ1) is 7.20. The molecule has 1 heterocycles. The van der Waals surface area contributed by atoms with Crippen LogP contribution < -0.4 is 4.74 Å². The maximum Gasteiger partial charge on any atom is 0.135 e. The normalized spacial score (nSPS) is 13.9. The van der Waals surface area contributed by atoms with Gasteiger partial charge in [0.1, 0.15) is 17.8 Å². The van der Waals surface area contributed by atoms with Crippen molar-refractivity contribution in [3.05, 3.63) is 47.7 Å². The van der Waals surface area contributed by atoms with Crippen LogP contribution in [0.3, 0.4) is 0 Å². The zero-order chi connectivity index (χ0) is 10.8. The Kier molecular flexibility index (Phi) is 2.42. The van der Waals surface area contributed by atoms with E-state index in [2.05, 4.69) is 6.58 Å². The smallest absolute Gasteiger partial charge is 0.135 e. The number of hydrogen-bond acceptors (Lipinski definition) is 2. The molecule has 2 nitrogen and oxygen atoms in total. The molecule has 1 aliphatic rings. The van der Waals surface area contributed by atoms with E-state index in [1.165, 1.54) is 0 Å². The summed E-state index contributed by atoms with van der Waals surface area (Å²) in [6.45, 7) is 5.76. The van der Waals surface area contributed by atoms with Gasteiger partial charge in [0.2, 0.25) is 0 Å². The Morgan fingerprint density at radius 2 is 2.27 bits per heavy atom. The van der Waals surface area contributed by atoms with Crippen LogP contribution in [0, 0.1) is 6.92 Å². The zero-order valence-corrected chi connectivity index (χ0v) is 8.62. The van der Waals surface area contributed by atoms with E-state index in [1.807, 2.05) is 31.2 Å². The molecule has 0 N–H and O–H groups in total. The molecule has 2 heteroatoms. The number of hydrogen-bond donors (Lipinski definition) is 0. The van der Waals surface area contributed by atoms with E-state index in [0.29, 0.717) is 12.2 Å². The quantitative estimate of drug-likeness (QED) is 0.686. The molecule has 0 aliphatic carbocycles. The maximum absolute atomic E-state index is 10.5. The Hall–Kier alpha value is -1.83. The van der Waals surface area contributed by atoms with E-state index >= 15 is 0 Å². The molecule has 0 saturated heterocycles. The van der Waals surface area contributed by atoms with Crippen molar-refractivity contribution in [3.8, 4) is 5.75 Å². The summed E-state index contributed by atoms with van der Waals surface area (Å²) in [5, 5.41) is 0. The fourth-order valence-corrected chi connectivity index (χ4v) is 1.68. The van der Waals surface area contributed by atoms with Gasteiger partial charge in [0.05, 0.1) is 0 Å². The van der Waals surface area contributed by atoms with Crippen LogP contribution in [0.5, 0.6) is 5.75 Å². The summed E-state index contributed by atoms with van der Waals surface area (Å²) < 4.78 is 5.50. The summed E-state index contributed by atoms with van der Waals surface area (Å²) in [4.78, 5) is 10.5. The van der Waals surface area contributed by atoms with E-state index in [9.17, 15) is 4.79 Å². The molecule has 1 aromatic rings. The molecule has 0 bridgehead atoms. The summed E-state index contributed by atoms with van der Waals surface area (Å²) in [6.07, 6.45) is 3.11. The van der Waals surface area contributed by atoms with Gasteiger partial charge < -0.3 is 9.53 Å². The van der Waals surface area contributed by atoms with Crippen molar-refractivity contribution in [2.75, 3.05) is 0 Å². The molecule has 0 radical (unpaired) electrons. The number of allylic oxidation sites excluding steroid dienone is 2. The van der Waals surface area contributed by atoms with Crippen molar-refractivity contribution in [1.29, 1.82) is 0 Å². The molecule has 1 aromatic carbocycles. The van der Waals surface area contributed by atoms with E-state index < -0.39 is 0 Å². The first-order valence-electron chi connectivity index (χ1n) is 4.82. The second-order valence-electron chi connectivity index (χ2n) is 3.61. The minimum atomic E-state index is 0.401. The third-order valence-electron chi connectivity index (χ3n) is 2.36. The van der Waals surface area contributed by atoms with Crippen molar-refractivity contribution in [2.45, 2.75) is 13.3 Å². The minimum absolute atomic E-state index is 0.401. The highest BCUT2D eigenvalue weighted by atomic mass is 16.5. The van der Waals surface area contributed by atoms with Crippen molar-refractivity contribution in [1.82, 2.24) is 0 Å². The summed E-state index contributed by atoms with van der Waals surface area (Å²) in [7, 11) is 0. The Bertz CT molecular complexity index is 456. The Morgan fingerprint density at radius 1 is 1.47 bits per heavy atom. The number of aryl methyl sites for hydroxylation is 1. The predicted molar refractivity (Wildman–Crippen MR) is 59.6 cm³/mol. The van der Waals surface area contributed by atoms with E-state index in [4.69, 9.17) is 4.74 Å². The number of benzene rings is 1. The number of rotatable bonds is 2. The predicted octanol–water partition coefficient (Wildman–Crippen LogP) is 2.87. The van der Waals surface area contributed by atoms with Crippen LogP contribution in [0.2, 0.25) is 0 Å². The zero-order valence-electron chi connectivity index (χ0n) is 8.62. The van der Waals surface area contributed by atoms with Crippen molar-refractivity contribution < 1.29 is 9.53 Å². The average molecular weight is 200 g/mol. The van der Waals surface area contributed by atoms with Gasteiger partial charge in [-0.3, -0.25) is 0 Å². The van der Waals surface area contributed by atoms with Gasteiger partial charge in [-0.1, -0.05) is 18.7 Å². The average Bonchev–Trinajstić information content (AvgIpc) is 2.17. The number of fused-ring (bicyclic) bond motifs is 1.